The molecule has 100 valence electrons. The summed E-state index contributed by atoms with van der Waals surface area (Å²) in [6, 6.07) is 4.39. The van der Waals surface area contributed by atoms with E-state index in [-0.39, 0.29) is 5.92 Å². The Bertz CT molecular complexity index is 423. The van der Waals surface area contributed by atoms with Gasteiger partial charge < -0.3 is 10.4 Å². The fourth-order valence-electron chi connectivity index (χ4n) is 1.83. The van der Waals surface area contributed by atoms with Gasteiger partial charge in [0.1, 0.15) is 6.04 Å². The van der Waals surface area contributed by atoms with Gasteiger partial charge in [-0.15, -0.1) is 0 Å². The lowest BCUT2D eigenvalue weighted by atomic mass is 9.96. The summed E-state index contributed by atoms with van der Waals surface area (Å²) in [5.41, 5.74) is 0.666. The Morgan fingerprint density at radius 1 is 1.39 bits per heavy atom. The third-order valence-corrected chi connectivity index (χ3v) is 3.56. The minimum atomic E-state index is -0.859. The second-order valence-electron chi connectivity index (χ2n) is 4.36. The van der Waals surface area contributed by atoms with Gasteiger partial charge in [-0.3, -0.25) is 0 Å². The van der Waals surface area contributed by atoms with E-state index in [1.165, 1.54) is 0 Å². The number of hydrogen-bond acceptors (Lipinski definition) is 2. The zero-order chi connectivity index (χ0) is 13.7. The van der Waals surface area contributed by atoms with Gasteiger partial charge in [-0.05, 0) is 30.5 Å². The van der Waals surface area contributed by atoms with E-state index >= 15 is 0 Å². The molecule has 0 radical (unpaired) electrons. The Hall–Kier alpha value is -0.930. The van der Waals surface area contributed by atoms with E-state index in [2.05, 4.69) is 5.32 Å². The number of carboxylic acid groups (broad SMARTS) is 1. The molecule has 0 fully saturated rings. The Balaban J connectivity index is 2.83. The largest absolute Gasteiger partial charge is 0.480 e. The molecule has 1 aromatic carbocycles. The van der Waals surface area contributed by atoms with E-state index in [4.69, 9.17) is 23.2 Å². The zero-order valence-electron chi connectivity index (χ0n) is 10.4. The van der Waals surface area contributed by atoms with Crippen LogP contribution >= 0.6 is 23.2 Å². The maximum Gasteiger partial charge on any atom is 0.326 e. The van der Waals surface area contributed by atoms with E-state index in [1.54, 1.807) is 18.2 Å². The van der Waals surface area contributed by atoms with E-state index < -0.39 is 12.0 Å². The van der Waals surface area contributed by atoms with Gasteiger partial charge in [0.05, 0.1) is 10.0 Å². The van der Waals surface area contributed by atoms with Crippen molar-refractivity contribution in [3.8, 4) is 0 Å². The van der Waals surface area contributed by atoms with Crippen LogP contribution in [0.3, 0.4) is 0 Å². The third-order valence-electron chi connectivity index (χ3n) is 2.82. The Morgan fingerprint density at radius 2 is 2.06 bits per heavy atom. The fraction of sp³-hybridized carbons (Fsp3) is 0.462. The Labute approximate surface area is 117 Å². The Morgan fingerprint density at radius 3 is 2.56 bits per heavy atom. The van der Waals surface area contributed by atoms with Crippen molar-refractivity contribution in [2.24, 2.45) is 5.92 Å². The van der Waals surface area contributed by atoms with E-state index in [1.807, 2.05) is 13.8 Å². The van der Waals surface area contributed by atoms with Gasteiger partial charge in [-0.25, -0.2) is 4.79 Å². The van der Waals surface area contributed by atoms with E-state index in [9.17, 15) is 9.90 Å². The molecule has 0 saturated heterocycles. The number of halogens is 2. The van der Waals surface area contributed by atoms with Crippen LogP contribution < -0.4 is 5.32 Å². The molecule has 1 aromatic rings. The highest BCUT2D eigenvalue weighted by Crippen LogP contribution is 2.26. The highest BCUT2D eigenvalue weighted by atomic mass is 35.5. The van der Waals surface area contributed by atoms with E-state index in [0.29, 0.717) is 15.7 Å². The van der Waals surface area contributed by atoms with Crippen molar-refractivity contribution in [3.05, 3.63) is 28.2 Å². The van der Waals surface area contributed by atoms with Gasteiger partial charge in [0.2, 0.25) is 0 Å². The molecule has 0 aliphatic rings. The molecule has 0 bridgehead atoms. The molecule has 0 amide bonds. The molecule has 2 atom stereocenters. The number of aliphatic carboxylic acids is 1. The highest BCUT2D eigenvalue weighted by Gasteiger charge is 2.23. The normalized spacial score (nSPS) is 14.0. The number of rotatable bonds is 6. The summed E-state index contributed by atoms with van der Waals surface area (Å²) in [5.74, 6) is -0.816. The van der Waals surface area contributed by atoms with Crippen molar-refractivity contribution in [1.29, 1.82) is 0 Å². The first-order valence-electron chi connectivity index (χ1n) is 5.90. The number of carboxylic acids is 1. The van der Waals surface area contributed by atoms with E-state index in [0.717, 1.165) is 12.8 Å². The smallest absolute Gasteiger partial charge is 0.326 e. The summed E-state index contributed by atoms with van der Waals surface area (Å²) in [4.78, 5) is 11.3. The van der Waals surface area contributed by atoms with Crippen LogP contribution in [0.25, 0.3) is 0 Å². The van der Waals surface area contributed by atoms with Crippen molar-refractivity contribution >= 4 is 34.9 Å². The summed E-state index contributed by atoms with van der Waals surface area (Å²) >= 11 is 11.7. The zero-order valence-corrected chi connectivity index (χ0v) is 11.9. The minimum Gasteiger partial charge on any atom is -0.480 e. The van der Waals surface area contributed by atoms with Gasteiger partial charge in [0, 0.05) is 5.69 Å². The molecule has 2 N–H and O–H groups in total. The highest BCUT2D eigenvalue weighted by molar-refractivity contribution is 6.42. The van der Waals surface area contributed by atoms with Crippen molar-refractivity contribution in [2.75, 3.05) is 5.32 Å². The molecule has 0 heterocycles. The number of anilines is 1. The molecular weight excluding hydrogens is 273 g/mol. The topological polar surface area (TPSA) is 49.3 Å². The van der Waals surface area contributed by atoms with Crippen molar-refractivity contribution in [3.63, 3.8) is 0 Å². The van der Waals surface area contributed by atoms with Crippen molar-refractivity contribution < 1.29 is 9.90 Å². The molecule has 3 nitrogen and oxygen atoms in total. The van der Waals surface area contributed by atoms with Crippen LogP contribution in [0.5, 0.6) is 0 Å². The standard InChI is InChI=1S/C13H17Cl2NO2/c1-3-4-8(2)12(13(17)18)16-9-5-6-10(14)11(15)7-9/h5-8,12,16H,3-4H2,1-2H3,(H,17,18). The van der Waals surface area contributed by atoms with Crippen molar-refractivity contribution in [2.45, 2.75) is 32.7 Å². The Kier molecular flexibility index (Phi) is 5.76. The maximum atomic E-state index is 11.3. The van der Waals surface area contributed by atoms with Gasteiger partial charge >= 0.3 is 5.97 Å². The van der Waals surface area contributed by atoms with Gasteiger partial charge in [0.15, 0.2) is 0 Å². The average molecular weight is 290 g/mol. The predicted octanol–water partition coefficient (Wildman–Crippen LogP) is 4.29. The monoisotopic (exact) mass is 289 g/mol. The lowest BCUT2D eigenvalue weighted by Gasteiger charge is -2.22. The number of benzene rings is 1. The maximum absolute atomic E-state index is 11.3. The SMILES string of the molecule is CCCC(C)C(Nc1ccc(Cl)c(Cl)c1)C(=O)O. The molecular formula is C13H17Cl2NO2. The predicted molar refractivity (Wildman–Crippen MR) is 75.6 cm³/mol. The first-order valence-corrected chi connectivity index (χ1v) is 6.65. The molecule has 0 saturated carbocycles. The van der Waals surface area contributed by atoms with Gasteiger partial charge in [0.25, 0.3) is 0 Å². The van der Waals surface area contributed by atoms with Crippen LogP contribution in [0, 0.1) is 5.92 Å². The number of carbonyl (C=O) groups is 1. The molecule has 0 aromatic heterocycles. The average Bonchev–Trinajstić information content (AvgIpc) is 2.30. The molecule has 0 aliphatic carbocycles. The van der Waals surface area contributed by atoms with Crippen LogP contribution in [0.2, 0.25) is 10.0 Å². The quantitative estimate of drug-likeness (QED) is 0.821. The summed E-state index contributed by atoms with van der Waals surface area (Å²) < 4.78 is 0. The third kappa shape index (κ3) is 4.07. The minimum absolute atomic E-state index is 0.0435. The fourth-order valence-corrected chi connectivity index (χ4v) is 2.13. The molecule has 1 rings (SSSR count). The molecule has 0 aliphatic heterocycles. The van der Waals surface area contributed by atoms with Crippen molar-refractivity contribution in [1.82, 2.24) is 0 Å². The first kappa shape index (κ1) is 15.1. The summed E-state index contributed by atoms with van der Waals surface area (Å²) in [5, 5.41) is 13.1. The summed E-state index contributed by atoms with van der Waals surface area (Å²) in [6.07, 6.45) is 1.80. The van der Waals surface area contributed by atoms with Crippen LogP contribution in [0.4, 0.5) is 5.69 Å². The molecule has 0 spiro atoms. The van der Waals surface area contributed by atoms with Crippen LogP contribution in [-0.2, 0) is 4.79 Å². The second-order valence-corrected chi connectivity index (χ2v) is 5.17. The number of nitrogens with one attached hydrogen (secondary N) is 1. The van der Waals surface area contributed by atoms with Crippen LogP contribution in [0.1, 0.15) is 26.7 Å². The first-order chi connectivity index (χ1) is 8.45. The lowest BCUT2D eigenvalue weighted by molar-refractivity contribution is -0.139. The molecule has 18 heavy (non-hydrogen) atoms. The summed E-state index contributed by atoms with van der Waals surface area (Å²) in [6.45, 7) is 3.96. The number of hydrogen-bond donors (Lipinski definition) is 2. The molecule has 5 heteroatoms. The van der Waals surface area contributed by atoms with Gasteiger partial charge in [-0.1, -0.05) is 43.5 Å². The second kappa shape index (κ2) is 6.86. The van der Waals surface area contributed by atoms with Crippen LogP contribution in [-0.4, -0.2) is 17.1 Å². The van der Waals surface area contributed by atoms with Crippen LogP contribution in [0.15, 0.2) is 18.2 Å². The lowest BCUT2D eigenvalue weighted by Crippen LogP contribution is -2.35. The molecule has 2 unspecified atom stereocenters. The summed E-state index contributed by atoms with van der Waals surface area (Å²) in [7, 11) is 0. The van der Waals surface area contributed by atoms with Gasteiger partial charge in [-0.2, -0.15) is 0 Å².